The van der Waals surface area contributed by atoms with E-state index in [0.29, 0.717) is 48.0 Å². The SMILES string of the molecule is C=C(Nc1sc2c(c1C(=O)NCC1CC1)C[C@@H](NC(=S)N(Cc1ccc(OC)cc1OC)C1CCN(C(=O)OC(C)(C)C)C1C)CC2)C1CC1. The first kappa shape index (κ1) is 36.3. The normalized spacial score (nSPS) is 21.6. The van der Waals surface area contributed by atoms with Crippen LogP contribution in [0.4, 0.5) is 9.80 Å². The predicted molar refractivity (Wildman–Crippen MR) is 202 cm³/mol. The van der Waals surface area contributed by atoms with Crippen molar-refractivity contribution in [2.75, 3.05) is 32.6 Å². The first-order valence-electron chi connectivity index (χ1n) is 18.0. The van der Waals surface area contributed by atoms with Crippen LogP contribution in [0.15, 0.2) is 30.5 Å². The van der Waals surface area contributed by atoms with Crippen LogP contribution < -0.4 is 25.4 Å². The van der Waals surface area contributed by atoms with E-state index >= 15 is 0 Å². The number of anilines is 1. The van der Waals surface area contributed by atoms with Gasteiger partial charge in [-0.05, 0) is 121 Å². The molecule has 0 spiro atoms. The molecule has 50 heavy (non-hydrogen) atoms. The molecule has 12 heteroatoms. The Labute approximate surface area is 306 Å². The van der Waals surface area contributed by atoms with Crippen molar-refractivity contribution in [1.82, 2.24) is 20.4 Å². The zero-order chi connectivity index (χ0) is 35.7. The lowest BCUT2D eigenvalue weighted by Gasteiger charge is -2.38. The van der Waals surface area contributed by atoms with E-state index in [2.05, 4.69) is 34.4 Å². The fourth-order valence-corrected chi connectivity index (χ4v) is 8.69. The number of carbonyl (C=O) groups is 2. The molecule has 1 aliphatic heterocycles. The minimum Gasteiger partial charge on any atom is -0.497 e. The van der Waals surface area contributed by atoms with Crippen LogP contribution in [-0.2, 0) is 24.1 Å². The standard InChI is InChI=1S/C38H53N5O5S2/c1-22(25-10-11-25)40-35-33(34(44)39-20-24-8-9-24)29-18-27(13-15-32(29)50-35)41-36(49)43(21-26-12-14-28(46-6)19-31(26)47-7)30-16-17-42(23(30)2)37(45)48-38(3,4)5/h12,14,19,23-25,27,30,40H,1,8-11,13,15-18,20-21H2,2-7H3,(H,39,44)(H,41,49)/t23?,27-,30?/m0/s1. The van der Waals surface area contributed by atoms with Gasteiger partial charge in [0.25, 0.3) is 5.91 Å². The molecular weight excluding hydrogens is 671 g/mol. The van der Waals surface area contributed by atoms with Crippen LogP contribution in [0.3, 0.4) is 0 Å². The summed E-state index contributed by atoms with van der Waals surface area (Å²) >= 11 is 7.94. The van der Waals surface area contributed by atoms with Crippen molar-refractivity contribution in [2.24, 2.45) is 11.8 Å². The zero-order valence-corrected chi connectivity index (χ0v) is 32.0. The van der Waals surface area contributed by atoms with Gasteiger partial charge in [0.1, 0.15) is 22.1 Å². The monoisotopic (exact) mass is 723 g/mol. The minimum atomic E-state index is -0.586. The number of hydrogen-bond donors (Lipinski definition) is 3. The second-order valence-electron chi connectivity index (χ2n) is 15.3. The number of thiophene rings is 1. The second kappa shape index (κ2) is 15.0. The number of rotatable bonds is 12. The molecule has 1 aromatic heterocycles. The first-order valence-corrected chi connectivity index (χ1v) is 19.2. The highest BCUT2D eigenvalue weighted by Crippen LogP contribution is 2.42. The van der Waals surface area contributed by atoms with E-state index < -0.39 is 5.60 Å². The van der Waals surface area contributed by atoms with Crippen molar-refractivity contribution >= 4 is 45.7 Å². The molecule has 1 aromatic carbocycles. The molecule has 2 aromatic rings. The summed E-state index contributed by atoms with van der Waals surface area (Å²) in [6.07, 6.45) is 7.54. The summed E-state index contributed by atoms with van der Waals surface area (Å²) in [7, 11) is 3.29. The third-order valence-electron chi connectivity index (χ3n) is 10.2. The van der Waals surface area contributed by atoms with Gasteiger partial charge in [0, 0.05) is 47.9 Å². The smallest absolute Gasteiger partial charge is 0.410 e. The Morgan fingerprint density at radius 3 is 2.52 bits per heavy atom. The number of methoxy groups -OCH3 is 2. The van der Waals surface area contributed by atoms with Gasteiger partial charge in [-0.25, -0.2) is 4.79 Å². The molecule has 3 N–H and O–H groups in total. The maximum absolute atomic E-state index is 13.7. The fraction of sp³-hybridized carbons (Fsp3) is 0.605. The molecule has 1 saturated heterocycles. The summed E-state index contributed by atoms with van der Waals surface area (Å²) in [5.74, 6) is 2.50. The van der Waals surface area contributed by atoms with Gasteiger partial charge >= 0.3 is 6.09 Å². The number of fused-ring (bicyclic) bond motifs is 1. The molecule has 10 nitrogen and oxygen atoms in total. The van der Waals surface area contributed by atoms with Crippen LogP contribution in [0.5, 0.6) is 11.5 Å². The number of allylic oxidation sites excluding steroid dienone is 1. The number of carbonyl (C=O) groups excluding carboxylic acids is 2. The van der Waals surface area contributed by atoms with Crippen LogP contribution in [0.1, 0.15) is 92.6 Å². The van der Waals surface area contributed by atoms with Crippen molar-refractivity contribution in [3.8, 4) is 11.5 Å². The predicted octanol–water partition coefficient (Wildman–Crippen LogP) is 6.87. The molecule has 2 amide bonds. The Kier molecular flexibility index (Phi) is 10.9. The summed E-state index contributed by atoms with van der Waals surface area (Å²) in [6.45, 7) is 13.8. The lowest BCUT2D eigenvalue weighted by Crippen LogP contribution is -2.53. The van der Waals surface area contributed by atoms with Gasteiger partial charge < -0.3 is 40.0 Å². The molecule has 2 saturated carbocycles. The molecule has 0 radical (unpaired) electrons. The van der Waals surface area contributed by atoms with Gasteiger partial charge in [-0.1, -0.05) is 6.58 Å². The highest BCUT2D eigenvalue weighted by molar-refractivity contribution is 7.80. The Hall–Kier alpha value is -3.51. The molecule has 4 aliphatic rings. The number of benzene rings is 1. The van der Waals surface area contributed by atoms with E-state index in [1.54, 1.807) is 25.6 Å². The molecule has 3 atom stereocenters. The van der Waals surface area contributed by atoms with Crippen LogP contribution in [-0.4, -0.2) is 77.9 Å². The van der Waals surface area contributed by atoms with Crippen LogP contribution >= 0.6 is 23.6 Å². The molecular formula is C38H53N5O5S2. The second-order valence-corrected chi connectivity index (χ2v) is 16.7. The van der Waals surface area contributed by atoms with E-state index in [0.717, 1.165) is 66.0 Å². The van der Waals surface area contributed by atoms with Gasteiger partial charge in [-0.3, -0.25) is 4.79 Å². The summed E-state index contributed by atoms with van der Waals surface area (Å²) in [4.78, 5) is 32.2. The van der Waals surface area contributed by atoms with E-state index in [-0.39, 0.29) is 30.1 Å². The summed E-state index contributed by atoms with van der Waals surface area (Å²) < 4.78 is 17.0. The summed E-state index contributed by atoms with van der Waals surface area (Å²) in [5, 5.41) is 12.0. The van der Waals surface area contributed by atoms with Gasteiger partial charge in [0.15, 0.2) is 5.11 Å². The third-order valence-corrected chi connectivity index (χ3v) is 11.8. The average Bonchev–Trinajstić information content (AvgIpc) is 4.01. The summed E-state index contributed by atoms with van der Waals surface area (Å²) in [6, 6.07) is 5.66. The Morgan fingerprint density at radius 2 is 1.86 bits per heavy atom. The van der Waals surface area contributed by atoms with Gasteiger partial charge in [0.05, 0.1) is 31.9 Å². The summed E-state index contributed by atoms with van der Waals surface area (Å²) in [5.41, 5.74) is 3.26. The maximum atomic E-state index is 13.7. The number of likely N-dealkylation sites (tertiary alicyclic amines) is 1. The number of amides is 2. The number of thiocarbonyl (C=S) groups is 1. The average molecular weight is 724 g/mol. The molecule has 2 heterocycles. The zero-order valence-electron chi connectivity index (χ0n) is 30.4. The Morgan fingerprint density at radius 1 is 1.10 bits per heavy atom. The van der Waals surface area contributed by atoms with Crippen molar-refractivity contribution in [3.63, 3.8) is 0 Å². The van der Waals surface area contributed by atoms with Gasteiger partial charge in [0.2, 0.25) is 0 Å². The van der Waals surface area contributed by atoms with Crippen LogP contribution in [0, 0.1) is 11.8 Å². The molecule has 3 aliphatic carbocycles. The molecule has 3 fully saturated rings. The molecule has 6 rings (SSSR count). The largest absolute Gasteiger partial charge is 0.497 e. The van der Waals surface area contributed by atoms with Crippen molar-refractivity contribution in [2.45, 2.75) is 109 Å². The molecule has 2 unspecified atom stereocenters. The number of nitrogens with one attached hydrogen (secondary N) is 3. The fourth-order valence-electron chi connectivity index (χ4n) is 7.04. The Bertz CT molecular complexity index is 1610. The first-order chi connectivity index (χ1) is 23.8. The van der Waals surface area contributed by atoms with Crippen molar-refractivity contribution in [3.05, 3.63) is 52.0 Å². The lowest BCUT2D eigenvalue weighted by molar-refractivity contribution is 0.0215. The van der Waals surface area contributed by atoms with E-state index in [1.807, 2.05) is 43.9 Å². The van der Waals surface area contributed by atoms with Gasteiger partial charge in [-0.2, -0.15) is 0 Å². The Balaban J connectivity index is 1.23. The molecule has 272 valence electrons. The topological polar surface area (TPSA) is 104 Å². The van der Waals surface area contributed by atoms with Gasteiger partial charge in [-0.15, -0.1) is 11.3 Å². The maximum Gasteiger partial charge on any atom is 0.410 e. The number of ether oxygens (including phenoxy) is 3. The van der Waals surface area contributed by atoms with Crippen molar-refractivity contribution < 1.29 is 23.8 Å². The number of hydrogen-bond acceptors (Lipinski definition) is 8. The van der Waals surface area contributed by atoms with E-state index in [1.165, 1.54) is 17.7 Å². The van der Waals surface area contributed by atoms with Crippen molar-refractivity contribution in [1.29, 1.82) is 0 Å². The van der Waals surface area contributed by atoms with Crippen LogP contribution in [0.25, 0.3) is 0 Å². The highest BCUT2D eigenvalue weighted by Gasteiger charge is 2.41. The lowest BCUT2D eigenvalue weighted by atomic mass is 9.91. The highest BCUT2D eigenvalue weighted by atomic mass is 32.1. The number of aryl methyl sites for hydroxylation is 1. The third kappa shape index (κ3) is 8.50. The minimum absolute atomic E-state index is 0.000958. The van der Waals surface area contributed by atoms with Crippen LogP contribution in [0.2, 0.25) is 0 Å². The van der Waals surface area contributed by atoms with E-state index in [4.69, 9.17) is 26.4 Å². The van der Waals surface area contributed by atoms with E-state index in [9.17, 15) is 9.59 Å². The molecule has 0 bridgehead atoms. The quantitative estimate of drug-likeness (QED) is 0.203. The number of nitrogens with zero attached hydrogens (tertiary/aromatic N) is 2.